The van der Waals surface area contributed by atoms with Gasteiger partial charge in [0.25, 0.3) is 5.91 Å². The minimum absolute atomic E-state index is 0.0932. The van der Waals surface area contributed by atoms with Crippen LogP contribution in [-0.2, 0) is 17.8 Å². The minimum atomic E-state index is -0.598. The van der Waals surface area contributed by atoms with Gasteiger partial charge in [-0.3, -0.25) is 9.59 Å². The summed E-state index contributed by atoms with van der Waals surface area (Å²) in [5.41, 5.74) is 2.74. The Morgan fingerprint density at radius 1 is 1.32 bits per heavy atom. The summed E-state index contributed by atoms with van der Waals surface area (Å²) in [6.07, 6.45) is 3.59. The predicted octanol–water partition coefficient (Wildman–Crippen LogP) is 2.38. The van der Waals surface area contributed by atoms with Gasteiger partial charge in [0.2, 0.25) is 5.91 Å². The highest BCUT2D eigenvalue weighted by atomic mass is 16.5. The van der Waals surface area contributed by atoms with Gasteiger partial charge < -0.3 is 19.4 Å². The first kappa shape index (κ1) is 17.1. The zero-order valence-electron chi connectivity index (χ0n) is 14.5. The zero-order valence-corrected chi connectivity index (χ0v) is 14.5. The van der Waals surface area contributed by atoms with Crippen molar-refractivity contribution in [1.82, 2.24) is 10.2 Å². The van der Waals surface area contributed by atoms with E-state index in [0.717, 1.165) is 17.7 Å². The monoisotopic (exact) mass is 342 g/mol. The Bertz CT molecular complexity index is 755. The lowest BCUT2D eigenvalue weighted by atomic mass is 9.99. The number of ether oxygens (including phenoxy) is 1. The summed E-state index contributed by atoms with van der Waals surface area (Å²) in [5, 5.41) is 2.72. The Kier molecular flexibility index (Phi) is 5.07. The van der Waals surface area contributed by atoms with Crippen LogP contribution < -0.4 is 10.1 Å². The third-order valence-corrected chi connectivity index (χ3v) is 4.31. The average Bonchev–Trinajstić information content (AvgIpc) is 3.15. The third-order valence-electron chi connectivity index (χ3n) is 4.31. The van der Waals surface area contributed by atoms with E-state index in [9.17, 15) is 9.59 Å². The molecule has 1 aliphatic rings. The van der Waals surface area contributed by atoms with Gasteiger partial charge in [-0.15, -0.1) is 0 Å². The van der Waals surface area contributed by atoms with Crippen LogP contribution in [0.15, 0.2) is 41.2 Å². The zero-order chi connectivity index (χ0) is 17.8. The smallest absolute Gasteiger partial charge is 0.255 e. The average molecular weight is 342 g/mol. The Morgan fingerprint density at radius 3 is 2.88 bits per heavy atom. The maximum absolute atomic E-state index is 12.7. The first-order valence-electron chi connectivity index (χ1n) is 8.45. The Balaban J connectivity index is 1.65. The van der Waals surface area contributed by atoms with Crippen LogP contribution in [0.1, 0.15) is 35.3 Å². The van der Waals surface area contributed by atoms with E-state index in [1.165, 1.54) is 18.1 Å². The lowest BCUT2D eigenvalue weighted by molar-refractivity contribution is -0.133. The van der Waals surface area contributed by atoms with E-state index in [0.29, 0.717) is 25.3 Å². The van der Waals surface area contributed by atoms with E-state index in [1.807, 2.05) is 19.1 Å². The fourth-order valence-corrected chi connectivity index (χ4v) is 2.99. The number of furan rings is 1. The number of amides is 2. The molecule has 6 heteroatoms. The second-order valence-corrected chi connectivity index (χ2v) is 6.08. The van der Waals surface area contributed by atoms with Crippen LogP contribution in [0.5, 0.6) is 5.75 Å². The van der Waals surface area contributed by atoms with Crippen molar-refractivity contribution in [3.05, 3.63) is 53.5 Å². The second kappa shape index (κ2) is 7.42. The second-order valence-electron chi connectivity index (χ2n) is 6.08. The molecule has 1 aromatic carbocycles. The normalized spacial score (nSPS) is 14.6. The highest BCUT2D eigenvalue weighted by molar-refractivity contribution is 5.97. The molecular formula is C19H22N2O4. The van der Waals surface area contributed by atoms with Gasteiger partial charge in [-0.1, -0.05) is 6.07 Å². The molecule has 0 fully saturated rings. The van der Waals surface area contributed by atoms with E-state index in [-0.39, 0.29) is 11.8 Å². The van der Waals surface area contributed by atoms with Crippen molar-refractivity contribution in [3.8, 4) is 5.75 Å². The molecule has 0 saturated heterocycles. The topological polar surface area (TPSA) is 71.8 Å². The molecule has 0 bridgehead atoms. The van der Waals surface area contributed by atoms with E-state index in [4.69, 9.17) is 9.15 Å². The van der Waals surface area contributed by atoms with Crippen molar-refractivity contribution in [3.63, 3.8) is 0 Å². The van der Waals surface area contributed by atoms with Gasteiger partial charge in [-0.05, 0) is 49.6 Å². The molecule has 1 atom stereocenters. The molecule has 0 spiro atoms. The van der Waals surface area contributed by atoms with E-state index >= 15 is 0 Å². The molecule has 3 rings (SSSR count). The Hall–Kier alpha value is -2.76. The predicted molar refractivity (Wildman–Crippen MR) is 92.4 cm³/mol. The number of carbonyl (C=O) groups excluding carboxylic acids is 2. The number of hydrogen-bond donors (Lipinski definition) is 1. The largest absolute Gasteiger partial charge is 0.494 e. The van der Waals surface area contributed by atoms with Crippen LogP contribution in [0.3, 0.4) is 0 Å². The molecule has 6 nitrogen and oxygen atoms in total. The van der Waals surface area contributed by atoms with Crippen molar-refractivity contribution < 1.29 is 18.7 Å². The van der Waals surface area contributed by atoms with Gasteiger partial charge in [-0.2, -0.15) is 0 Å². The first-order valence-corrected chi connectivity index (χ1v) is 8.45. The number of benzene rings is 1. The summed E-state index contributed by atoms with van der Waals surface area (Å²) in [5.74, 6) is 0.409. The van der Waals surface area contributed by atoms with Crippen LogP contribution in [0, 0.1) is 0 Å². The minimum Gasteiger partial charge on any atom is -0.494 e. The number of rotatable bonds is 5. The van der Waals surface area contributed by atoms with Crippen LogP contribution in [0.4, 0.5) is 0 Å². The number of nitrogens with zero attached hydrogens (tertiary/aromatic N) is 1. The summed E-state index contributed by atoms with van der Waals surface area (Å²) >= 11 is 0. The first-order chi connectivity index (χ1) is 12.1. The van der Waals surface area contributed by atoms with Gasteiger partial charge in [0.1, 0.15) is 18.1 Å². The molecule has 1 N–H and O–H groups in total. The highest BCUT2D eigenvalue weighted by Gasteiger charge is 2.26. The maximum atomic E-state index is 12.7. The molecule has 1 aromatic heterocycles. The van der Waals surface area contributed by atoms with Crippen molar-refractivity contribution in [1.29, 1.82) is 0 Å². The summed E-state index contributed by atoms with van der Waals surface area (Å²) in [7, 11) is 0. The van der Waals surface area contributed by atoms with Crippen molar-refractivity contribution in [2.24, 2.45) is 0 Å². The van der Waals surface area contributed by atoms with Gasteiger partial charge in [0.15, 0.2) is 0 Å². The van der Waals surface area contributed by atoms with Crippen LogP contribution in [0.25, 0.3) is 0 Å². The van der Waals surface area contributed by atoms with E-state index < -0.39 is 6.04 Å². The number of carbonyl (C=O) groups is 2. The number of fused-ring (bicyclic) bond motifs is 1. The Morgan fingerprint density at radius 2 is 2.16 bits per heavy atom. The third kappa shape index (κ3) is 3.84. The molecule has 132 valence electrons. The van der Waals surface area contributed by atoms with Gasteiger partial charge in [0.05, 0.1) is 18.4 Å². The van der Waals surface area contributed by atoms with Crippen LogP contribution >= 0.6 is 0 Å². The standard InChI is InChI=1S/C19H22N2O4/c1-3-25-17-5-4-14-6-8-21(11-16(14)10-17)19(23)13(2)20-18(22)15-7-9-24-12-15/h4-5,7,9-10,12-13H,3,6,8,11H2,1-2H3,(H,20,22)/t13-/m0/s1. The lowest BCUT2D eigenvalue weighted by Gasteiger charge is -2.31. The van der Waals surface area contributed by atoms with E-state index in [2.05, 4.69) is 11.4 Å². The fourth-order valence-electron chi connectivity index (χ4n) is 2.99. The molecule has 1 aliphatic heterocycles. The SMILES string of the molecule is CCOc1ccc2c(c1)CN(C(=O)[C@H](C)NC(=O)c1ccoc1)CC2. The molecule has 0 aliphatic carbocycles. The molecule has 2 heterocycles. The van der Waals surface area contributed by atoms with Crippen molar-refractivity contribution in [2.45, 2.75) is 32.9 Å². The molecule has 25 heavy (non-hydrogen) atoms. The van der Waals surface area contributed by atoms with E-state index in [1.54, 1.807) is 17.9 Å². The summed E-state index contributed by atoms with van der Waals surface area (Å²) < 4.78 is 10.4. The molecule has 0 unspecified atom stereocenters. The van der Waals surface area contributed by atoms with Gasteiger partial charge in [-0.25, -0.2) is 0 Å². The maximum Gasteiger partial charge on any atom is 0.255 e. The van der Waals surface area contributed by atoms with Gasteiger partial charge >= 0.3 is 0 Å². The van der Waals surface area contributed by atoms with Crippen LogP contribution in [-0.4, -0.2) is 35.9 Å². The van der Waals surface area contributed by atoms with Crippen molar-refractivity contribution >= 4 is 11.8 Å². The number of nitrogens with one attached hydrogen (secondary N) is 1. The molecule has 0 radical (unpaired) electrons. The number of hydrogen-bond acceptors (Lipinski definition) is 4. The summed E-state index contributed by atoms with van der Waals surface area (Å²) in [4.78, 5) is 26.5. The van der Waals surface area contributed by atoms with Gasteiger partial charge in [0, 0.05) is 13.1 Å². The quantitative estimate of drug-likeness (QED) is 0.905. The Labute approximate surface area is 146 Å². The van der Waals surface area contributed by atoms with Crippen LogP contribution in [0.2, 0.25) is 0 Å². The molecular weight excluding hydrogens is 320 g/mol. The fraction of sp³-hybridized carbons (Fsp3) is 0.368. The summed E-state index contributed by atoms with van der Waals surface area (Å²) in [6.45, 7) is 5.43. The summed E-state index contributed by atoms with van der Waals surface area (Å²) in [6, 6.07) is 6.99. The lowest BCUT2D eigenvalue weighted by Crippen LogP contribution is -2.48. The van der Waals surface area contributed by atoms with Crippen molar-refractivity contribution in [2.75, 3.05) is 13.2 Å². The molecule has 2 amide bonds. The highest BCUT2D eigenvalue weighted by Crippen LogP contribution is 2.24. The molecule has 0 saturated carbocycles. The molecule has 2 aromatic rings.